The summed E-state index contributed by atoms with van der Waals surface area (Å²) in [4.78, 5) is 11.9. The number of rotatable bonds is 3. The average molecular weight is 204 g/mol. The van der Waals surface area contributed by atoms with Gasteiger partial charge in [0.05, 0.1) is 17.2 Å². The summed E-state index contributed by atoms with van der Waals surface area (Å²) in [5.74, 6) is 1.75. The minimum atomic E-state index is 0.289. The van der Waals surface area contributed by atoms with Crippen molar-refractivity contribution in [3.8, 4) is 0 Å². The third-order valence-corrected chi connectivity index (χ3v) is 2.71. The normalized spacial score (nSPS) is 13.6. The lowest BCUT2D eigenvalue weighted by molar-refractivity contribution is 0.488. The topological polar surface area (TPSA) is 67.6 Å². The summed E-state index contributed by atoms with van der Waals surface area (Å²) in [5.41, 5.74) is 7.69. The number of imidazole rings is 1. The van der Waals surface area contributed by atoms with Crippen molar-refractivity contribution in [2.24, 2.45) is 11.7 Å². The van der Waals surface area contributed by atoms with E-state index in [1.54, 1.807) is 12.4 Å². The van der Waals surface area contributed by atoms with Crippen LogP contribution in [0.2, 0.25) is 0 Å². The Morgan fingerprint density at radius 2 is 2.27 bits per heavy atom. The second-order valence-electron chi connectivity index (χ2n) is 4.10. The Morgan fingerprint density at radius 3 is 2.87 bits per heavy atom. The first-order valence-electron chi connectivity index (χ1n) is 5.22. The van der Waals surface area contributed by atoms with Gasteiger partial charge in [0.25, 0.3) is 0 Å². The average Bonchev–Trinajstić information content (AvgIpc) is 2.61. The zero-order valence-corrected chi connectivity index (χ0v) is 9.07. The van der Waals surface area contributed by atoms with Crippen molar-refractivity contribution in [1.29, 1.82) is 0 Å². The van der Waals surface area contributed by atoms with Gasteiger partial charge in [-0.05, 0) is 12.0 Å². The van der Waals surface area contributed by atoms with Crippen LogP contribution in [-0.2, 0) is 0 Å². The zero-order valence-electron chi connectivity index (χ0n) is 9.07. The minimum Gasteiger partial charge on any atom is -0.340 e. The van der Waals surface area contributed by atoms with Crippen molar-refractivity contribution in [3.05, 3.63) is 24.3 Å². The summed E-state index contributed by atoms with van der Waals surface area (Å²) in [6.45, 7) is 4.93. The van der Waals surface area contributed by atoms with E-state index in [2.05, 4.69) is 28.8 Å². The van der Waals surface area contributed by atoms with Crippen LogP contribution in [0.15, 0.2) is 18.5 Å². The molecule has 3 N–H and O–H groups in total. The number of nitrogens with one attached hydrogen (secondary N) is 1. The van der Waals surface area contributed by atoms with Gasteiger partial charge in [0.15, 0.2) is 0 Å². The molecular weight excluding hydrogens is 188 g/mol. The Labute approximate surface area is 88.9 Å². The van der Waals surface area contributed by atoms with E-state index in [0.29, 0.717) is 12.5 Å². The van der Waals surface area contributed by atoms with E-state index in [9.17, 15) is 0 Å². The van der Waals surface area contributed by atoms with Crippen molar-refractivity contribution < 1.29 is 0 Å². The minimum absolute atomic E-state index is 0.289. The van der Waals surface area contributed by atoms with Crippen LogP contribution in [0.25, 0.3) is 11.0 Å². The highest BCUT2D eigenvalue weighted by Gasteiger charge is 2.17. The van der Waals surface area contributed by atoms with Crippen LogP contribution < -0.4 is 5.73 Å². The molecule has 4 nitrogen and oxygen atoms in total. The number of aromatic nitrogens is 3. The van der Waals surface area contributed by atoms with Gasteiger partial charge < -0.3 is 10.7 Å². The fourth-order valence-corrected chi connectivity index (χ4v) is 1.75. The number of hydrogen-bond acceptors (Lipinski definition) is 3. The van der Waals surface area contributed by atoms with Gasteiger partial charge >= 0.3 is 0 Å². The number of nitrogens with two attached hydrogens (primary N) is 1. The molecule has 0 aliphatic rings. The number of fused-ring (bicyclic) bond motifs is 1. The third-order valence-electron chi connectivity index (χ3n) is 2.71. The Hall–Kier alpha value is -1.42. The van der Waals surface area contributed by atoms with E-state index in [-0.39, 0.29) is 5.92 Å². The van der Waals surface area contributed by atoms with Gasteiger partial charge in [-0.1, -0.05) is 13.8 Å². The van der Waals surface area contributed by atoms with E-state index in [1.165, 1.54) is 0 Å². The van der Waals surface area contributed by atoms with Crippen LogP contribution in [0.5, 0.6) is 0 Å². The van der Waals surface area contributed by atoms with E-state index >= 15 is 0 Å². The van der Waals surface area contributed by atoms with E-state index < -0.39 is 0 Å². The van der Waals surface area contributed by atoms with Crippen LogP contribution in [-0.4, -0.2) is 21.5 Å². The van der Waals surface area contributed by atoms with Crippen LogP contribution in [0.3, 0.4) is 0 Å². The highest BCUT2D eigenvalue weighted by molar-refractivity contribution is 5.73. The molecule has 2 heterocycles. The predicted molar refractivity (Wildman–Crippen MR) is 60.5 cm³/mol. The van der Waals surface area contributed by atoms with Crippen molar-refractivity contribution in [1.82, 2.24) is 15.0 Å². The van der Waals surface area contributed by atoms with E-state index in [0.717, 1.165) is 16.9 Å². The Morgan fingerprint density at radius 1 is 1.47 bits per heavy atom. The van der Waals surface area contributed by atoms with E-state index in [4.69, 9.17) is 5.73 Å². The van der Waals surface area contributed by atoms with E-state index in [1.807, 2.05) is 6.07 Å². The van der Waals surface area contributed by atoms with Crippen LogP contribution in [0, 0.1) is 5.92 Å². The molecule has 0 saturated heterocycles. The fourth-order valence-electron chi connectivity index (χ4n) is 1.75. The van der Waals surface area contributed by atoms with Crippen molar-refractivity contribution in [3.63, 3.8) is 0 Å². The van der Waals surface area contributed by atoms with Crippen LogP contribution in [0.4, 0.5) is 0 Å². The second-order valence-corrected chi connectivity index (χ2v) is 4.10. The molecule has 0 aliphatic carbocycles. The van der Waals surface area contributed by atoms with Gasteiger partial charge in [0, 0.05) is 18.7 Å². The first-order chi connectivity index (χ1) is 7.22. The molecule has 4 heteroatoms. The second kappa shape index (κ2) is 3.98. The summed E-state index contributed by atoms with van der Waals surface area (Å²) in [6.07, 6.45) is 3.54. The van der Waals surface area contributed by atoms with Gasteiger partial charge in [-0.15, -0.1) is 0 Å². The molecule has 0 fully saturated rings. The molecule has 15 heavy (non-hydrogen) atoms. The molecule has 0 saturated carbocycles. The quantitative estimate of drug-likeness (QED) is 0.799. The van der Waals surface area contributed by atoms with Gasteiger partial charge in [0.1, 0.15) is 5.82 Å². The largest absolute Gasteiger partial charge is 0.340 e. The van der Waals surface area contributed by atoms with Gasteiger partial charge in [-0.2, -0.15) is 0 Å². The highest BCUT2D eigenvalue weighted by atomic mass is 14.9. The molecule has 0 aromatic carbocycles. The molecule has 1 unspecified atom stereocenters. The number of H-pyrrole nitrogens is 1. The molecule has 2 aromatic rings. The maximum absolute atomic E-state index is 5.75. The predicted octanol–water partition coefficient (Wildman–Crippen LogP) is 1.66. The molecule has 2 rings (SSSR count). The smallest absolute Gasteiger partial charge is 0.111 e. The summed E-state index contributed by atoms with van der Waals surface area (Å²) >= 11 is 0. The molecule has 0 radical (unpaired) electrons. The Balaban J connectivity index is 2.43. The van der Waals surface area contributed by atoms with Crippen molar-refractivity contribution in [2.45, 2.75) is 19.8 Å². The molecular formula is C11H16N4. The van der Waals surface area contributed by atoms with Gasteiger partial charge in [-0.3, -0.25) is 4.98 Å². The zero-order chi connectivity index (χ0) is 10.8. The molecule has 1 atom stereocenters. The lowest BCUT2D eigenvalue weighted by atomic mass is 9.95. The number of pyridine rings is 1. The van der Waals surface area contributed by atoms with Crippen LogP contribution in [0.1, 0.15) is 25.6 Å². The molecule has 0 spiro atoms. The lowest BCUT2D eigenvalue weighted by Gasteiger charge is -2.15. The van der Waals surface area contributed by atoms with Crippen molar-refractivity contribution in [2.75, 3.05) is 6.54 Å². The number of nitrogens with zero attached hydrogens (tertiary/aromatic N) is 2. The standard InChI is InChI=1S/C11H16N4/c1-7(2)8(5-12)11-14-9-3-4-13-6-10(9)15-11/h3-4,6-8H,5,12H2,1-2H3,(H,14,15). The number of hydrogen-bond donors (Lipinski definition) is 2. The number of aromatic amines is 1. The highest BCUT2D eigenvalue weighted by Crippen LogP contribution is 2.22. The summed E-state index contributed by atoms with van der Waals surface area (Å²) in [5, 5.41) is 0. The third kappa shape index (κ3) is 1.85. The maximum Gasteiger partial charge on any atom is 0.111 e. The summed E-state index contributed by atoms with van der Waals surface area (Å²) < 4.78 is 0. The lowest BCUT2D eigenvalue weighted by Crippen LogP contribution is -2.18. The molecule has 0 aliphatic heterocycles. The Kier molecular flexibility index (Phi) is 2.68. The Bertz CT molecular complexity index is 414. The SMILES string of the molecule is CC(C)C(CN)c1nc2ccncc2[nH]1. The maximum atomic E-state index is 5.75. The van der Waals surface area contributed by atoms with Crippen molar-refractivity contribution >= 4 is 11.0 Å². The fraction of sp³-hybridized carbons (Fsp3) is 0.455. The monoisotopic (exact) mass is 204 g/mol. The van der Waals surface area contributed by atoms with Gasteiger partial charge in [-0.25, -0.2) is 4.98 Å². The molecule has 2 aromatic heterocycles. The van der Waals surface area contributed by atoms with Gasteiger partial charge in [0.2, 0.25) is 0 Å². The molecule has 0 amide bonds. The first-order valence-corrected chi connectivity index (χ1v) is 5.22. The summed E-state index contributed by atoms with van der Waals surface area (Å²) in [7, 11) is 0. The first kappa shape index (κ1) is 10.1. The van der Waals surface area contributed by atoms with Crippen LogP contribution >= 0.6 is 0 Å². The molecule has 0 bridgehead atoms. The summed E-state index contributed by atoms with van der Waals surface area (Å²) in [6, 6.07) is 1.91. The molecule has 80 valence electrons.